The Morgan fingerprint density at radius 1 is 1.04 bits per heavy atom. The Kier molecular flexibility index (Phi) is 3.46. The number of hydrogen-bond donors (Lipinski definition) is 3. The van der Waals surface area contributed by atoms with Gasteiger partial charge in [0.05, 0.1) is 0 Å². The first-order chi connectivity index (χ1) is 12.1. The van der Waals surface area contributed by atoms with Gasteiger partial charge in [0.25, 0.3) is 5.56 Å². The maximum absolute atomic E-state index is 12.4. The van der Waals surface area contributed by atoms with Gasteiger partial charge in [-0.25, -0.2) is 0 Å². The van der Waals surface area contributed by atoms with E-state index < -0.39 is 0 Å². The smallest absolute Gasteiger partial charge is 0.284 e. The van der Waals surface area contributed by atoms with E-state index in [1.165, 1.54) is 0 Å². The van der Waals surface area contributed by atoms with Crippen LogP contribution in [0.25, 0.3) is 22.2 Å². The van der Waals surface area contributed by atoms with Crippen molar-refractivity contribution in [2.24, 2.45) is 0 Å². The van der Waals surface area contributed by atoms with Crippen LogP contribution in [0.4, 0.5) is 11.6 Å². The molecule has 0 aliphatic carbocycles. The van der Waals surface area contributed by atoms with Crippen LogP contribution in [0.1, 0.15) is 5.69 Å². The van der Waals surface area contributed by atoms with Crippen molar-refractivity contribution in [1.29, 1.82) is 0 Å². The molecule has 0 unspecified atom stereocenters. The SMILES string of the molecule is Cc1[nH]nc2nc(Nc3ccc(-c4ccccc4)cc3)n(N)c(=O)c12. The molecule has 7 nitrogen and oxygen atoms in total. The zero-order valence-electron chi connectivity index (χ0n) is 13.5. The molecule has 0 amide bonds. The third-order valence-electron chi connectivity index (χ3n) is 4.05. The summed E-state index contributed by atoms with van der Waals surface area (Å²) < 4.78 is 0.996. The zero-order chi connectivity index (χ0) is 17.4. The first-order valence-electron chi connectivity index (χ1n) is 7.79. The van der Waals surface area contributed by atoms with Gasteiger partial charge in [-0.15, -0.1) is 0 Å². The molecule has 0 saturated heterocycles. The predicted molar refractivity (Wildman–Crippen MR) is 98.2 cm³/mol. The number of hydrogen-bond acceptors (Lipinski definition) is 5. The standard InChI is InChI=1S/C18H16N6O/c1-11-15-16(23-22-11)21-18(24(19)17(15)25)20-14-9-7-13(8-10-14)12-5-3-2-4-6-12/h2-10H,19H2,1H3,(H2,20,21,22,23). The molecule has 0 fully saturated rings. The topological polar surface area (TPSA) is 102 Å². The van der Waals surface area contributed by atoms with Crippen LogP contribution in [0.2, 0.25) is 0 Å². The summed E-state index contributed by atoms with van der Waals surface area (Å²) in [4.78, 5) is 16.7. The second-order valence-electron chi connectivity index (χ2n) is 5.73. The Bertz CT molecular complexity index is 1100. The summed E-state index contributed by atoms with van der Waals surface area (Å²) in [5, 5.41) is 10.2. The highest BCUT2D eigenvalue weighted by atomic mass is 16.1. The first kappa shape index (κ1) is 14.9. The molecule has 0 radical (unpaired) electrons. The largest absolute Gasteiger partial charge is 0.333 e. The Labute approximate surface area is 143 Å². The highest BCUT2D eigenvalue weighted by molar-refractivity contribution is 5.78. The van der Waals surface area contributed by atoms with Crippen molar-refractivity contribution in [3.63, 3.8) is 0 Å². The van der Waals surface area contributed by atoms with Crippen LogP contribution >= 0.6 is 0 Å². The summed E-state index contributed by atoms with van der Waals surface area (Å²) in [7, 11) is 0. The molecule has 0 bridgehead atoms. The molecule has 2 heterocycles. The molecule has 0 aliphatic rings. The lowest BCUT2D eigenvalue weighted by atomic mass is 10.1. The highest BCUT2D eigenvalue weighted by Gasteiger charge is 2.13. The van der Waals surface area contributed by atoms with Gasteiger partial charge in [0.2, 0.25) is 5.95 Å². The quantitative estimate of drug-likeness (QED) is 0.500. The van der Waals surface area contributed by atoms with E-state index >= 15 is 0 Å². The molecule has 2 aromatic carbocycles. The number of nitrogens with one attached hydrogen (secondary N) is 2. The minimum Gasteiger partial charge on any atom is -0.333 e. The Balaban J connectivity index is 1.68. The second-order valence-corrected chi connectivity index (χ2v) is 5.73. The van der Waals surface area contributed by atoms with Gasteiger partial charge in [0, 0.05) is 11.4 Å². The van der Waals surface area contributed by atoms with Crippen molar-refractivity contribution in [1.82, 2.24) is 19.9 Å². The number of H-pyrrole nitrogens is 1. The van der Waals surface area contributed by atoms with Gasteiger partial charge in [0.15, 0.2) is 5.65 Å². The van der Waals surface area contributed by atoms with Crippen LogP contribution in [0, 0.1) is 6.92 Å². The third kappa shape index (κ3) is 2.61. The van der Waals surface area contributed by atoms with Gasteiger partial charge in [-0.1, -0.05) is 42.5 Å². The zero-order valence-corrected chi connectivity index (χ0v) is 13.5. The molecule has 7 heteroatoms. The molecule has 0 atom stereocenters. The second kappa shape index (κ2) is 5.79. The number of aromatic amines is 1. The summed E-state index contributed by atoms with van der Waals surface area (Å²) in [6, 6.07) is 17.9. The average molecular weight is 332 g/mol. The number of anilines is 2. The molecule has 4 aromatic rings. The summed E-state index contributed by atoms with van der Waals surface area (Å²) in [6.45, 7) is 1.76. The normalized spacial score (nSPS) is 10.9. The van der Waals surface area contributed by atoms with E-state index in [0.717, 1.165) is 21.5 Å². The van der Waals surface area contributed by atoms with Crippen LogP contribution in [-0.2, 0) is 0 Å². The fourth-order valence-corrected chi connectivity index (χ4v) is 2.72. The van der Waals surface area contributed by atoms with Crippen LogP contribution in [0.5, 0.6) is 0 Å². The number of nitrogens with two attached hydrogens (primary N) is 1. The molecule has 4 N–H and O–H groups in total. The predicted octanol–water partition coefficient (Wildman–Crippen LogP) is 2.55. The Hall–Kier alpha value is -3.61. The van der Waals surface area contributed by atoms with E-state index in [1.54, 1.807) is 6.92 Å². The Morgan fingerprint density at radius 2 is 1.72 bits per heavy atom. The fraction of sp³-hybridized carbons (Fsp3) is 0.0556. The van der Waals surface area contributed by atoms with Crippen molar-refractivity contribution >= 4 is 22.7 Å². The monoisotopic (exact) mass is 332 g/mol. The van der Waals surface area contributed by atoms with Crippen molar-refractivity contribution < 1.29 is 0 Å². The number of benzene rings is 2. The molecule has 0 spiro atoms. The van der Waals surface area contributed by atoms with Crippen LogP contribution in [-0.4, -0.2) is 19.9 Å². The van der Waals surface area contributed by atoms with Gasteiger partial charge < -0.3 is 11.2 Å². The lowest BCUT2D eigenvalue weighted by Crippen LogP contribution is -2.30. The van der Waals surface area contributed by atoms with Gasteiger partial charge in [-0.3, -0.25) is 9.89 Å². The van der Waals surface area contributed by atoms with E-state index in [-0.39, 0.29) is 11.5 Å². The summed E-state index contributed by atoms with van der Waals surface area (Å²) >= 11 is 0. The fourth-order valence-electron chi connectivity index (χ4n) is 2.72. The number of aryl methyl sites for hydroxylation is 1. The van der Waals surface area contributed by atoms with Crippen LogP contribution in [0.3, 0.4) is 0 Å². The van der Waals surface area contributed by atoms with Crippen LogP contribution < -0.4 is 16.7 Å². The Morgan fingerprint density at radius 3 is 2.44 bits per heavy atom. The number of aromatic nitrogens is 4. The summed E-state index contributed by atoms with van der Waals surface area (Å²) in [5.41, 5.74) is 3.65. The summed E-state index contributed by atoms with van der Waals surface area (Å²) in [6.07, 6.45) is 0. The third-order valence-corrected chi connectivity index (χ3v) is 4.05. The molecule has 25 heavy (non-hydrogen) atoms. The molecule has 0 saturated carbocycles. The van der Waals surface area contributed by atoms with E-state index in [2.05, 4.69) is 32.6 Å². The molecule has 2 aromatic heterocycles. The van der Waals surface area contributed by atoms with Crippen molar-refractivity contribution in [3.8, 4) is 11.1 Å². The van der Waals surface area contributed by atoms with Crippen LogP contribution in [0.15, 0.2) is 59.4 Å². The van der Waals surface area contributed by atoms with Gasteiger partial charge in [0.1, 0.15) is 5.39 Å². The van der Waals surface area contributed by atoms with E-state index in [9.17, 15) is 4.79 Å². The lowest BCUT2D eigenvalue weighted by Gasteiger charge is -2.10. The molecule has 124 valence electrons. The average Bonchev–Trinajstić information content (AvgIpc) is 3.01. The van der Waals surface area contributed by atoms with Crippen molar-refractivity contribution in [3.05, 3.63) is 70.6 Å². The van der Waals surface area contributed by atoms with Gasteiger partial charge in [-0.2, -0.15) is 14.8 Å². The van der Waals surface area contributed by atoms with E-state index in [0.29, 0.717) is 16.7 Å². The first-order valence-corrected chi connectivity index (χ1v) is 7.79. The number of nitrogen functional groups attached to an aromatic ring is 1. The minimum absolute atomic E-state index is 0.233. The number of rotatable bonds is 3. The summed E-state index contributed by atoms with van der Waals surface area (Å²) in [5.74, 6) is 6.12. The van der Waals surface area contributed by atoms with Gasteiger partial charge in [-0.05, 0) is 30.2 Å². The van der Waals surface area contributed by atoms with E-state index in [4.69, 9.17) is 5.84 Å². The highest BCUT2D eigenvalue weighted by Crippen LogP contribution is 2.22. The molecule has 0 aliphatic heterocycles. The number of nitrogens with zero attached hydrogens (tertiary/aromatic N) is 3. The molecular weight excluding hydrogens is 316 g/mol. The van der Waals surface area contributed by atoms with Gasteiger partial charge >= 0.3 is 0 Å². The van der Waals surface area contributed by atoms with E-state index in [1.807, 2.05) is 42.5 Å². The minimum atomic E-state index is -0.348. The van der Waals surface area contributed by atoms with Crippen molar-refractivity contribution in [2.75, 3.05) is 11.2 Å². The molecule has 4 rings (SSSR count). The maximum Gasteiger partial charge on any atom is 0.284 e. The maximum atomic E-state index is 12.4. The lowest BCUT2D eigenvalue weighted by molar-refractivity contribution is 0.923. The number of fused-ring (bicyclic) bond motifs is 1. The van der Waals surface area contributed by atoms with Crippen molar-refractivity contribution in [2.45, 2.75) is 6.92 Å². The molecular formula is C18H16N6O.